The summed E-state index contributed by atoms with van der Waals surface area (Å²) in [7, 11) is 0. The lowest BCUT2D eigenvalue weighted by molar-refractivity contribution is -0.386. The predicted molar refractivity (Wildman–Crippen MR) is 61.1 cm³/mol. The van der Waals surface area contributed by atoms with Gasteiger partial charge in [-0.3, -0.25) is 10.1 Å². The van der Waals surface area contributed by atoms with Crippen LogP contribution in [0.15, 0.2) is 12.1 Å². The first-order valence-corrected chi connectivity index (χ1v) is 5.40. The molecule has 0 aromatic heterocycles. The first-order valence-electron chi connectivity index (χ1n) is 4.32. The Kier molecular flexibility index (Phi) is 2.44. The Labute approximate surface area is 94.8 Å². The normalized spacial score (nSPS) is 19.4. The number of fused-ring (bicyclic) bond motifs is 1. The molecule has 14 heavy (non-hydrogen) atoms. The lowest BCUT2D eigenvalue weighted by Gasteiger charge is -2.05. The summed E-state index contributed by atoms with van der Waals surface area (Å²) in [5.41, 5.74) is 7.86. The number of nitro groups is 1. The second kappa shape index (κ2) is 3.47. The van der Waals surface area contributed by atoms with Crippen LogP contribution in [-0.2, 0) is 6.42 Å². The van der Waals surface area contributed by atoms with Crippen molar-refractivity contribution in [2.75, 3.05) is 0 Å². The fourth-order valence-electron chi connectivity index (χ4n) is 1.89. The van der Waals surface area contributed by atoms with E-state index in [1.54, 1.807) is 6.07 Å². The number of rotatable bonds is 1. The summed E-state index contributed by atoms with van der Waals surface area (Å²) in [6, 6.07) is 3.64. The van der Waals surface area contributed by atoms with Gasteiger partial charge in [0.05, 0.1) is 8.49 Å². The van der Waals surface area contributed by atoms with E-state index in [0.29, 0.717) is 3.57 Å². The summed E-state index contributed by atoms with van der Waals surface area (Å²) < 4.78 is 0.695. The Balaban J connectivity index is 2.65. The van der Waals surface area contributed by atoms with E-state index in [0.717, 1.165) is 24.0 Å². The Morgan fingerprint density at radius 1 is 1.57 bits per heavy atom. The molecule has 0 fully saturated rings. The van der Waals surface area contributed by atoms with Gasteiger partial charge in [-0.1, -0.05) is 6.07 Å². The summed E-state index contributed by atoms with van der Waals surface area (Å²) in [4.78, 5) is 10.5. The van der Waals surface area contributed by atoms with Crippen molar-refractivity contribution in [1.29, 1.82) is 0 Å². The van der Waals surface area contributed by atoms with Crippen LogP contribution < -0.4 is 5.73 Å². The van der Waals surface area contributed by atoms with Gasteiger partial charge in [-0.05, 0) is 47.1 Å². The van der Waals surface area contributed by atoms with Gasteiger partial charge in [0.2, 0.25) is 0 Å². The maximum Gasteiger partial charge on any atom is 0.286 e. The molecule has 0 saturated heterocycles. The number of nitrogens with zero attached hydrogens (tertiary/aromatic N) is 1. The van der Waals surface area contributed by atoms with Gasteiger partial charge in [-0.2, -0.15) is 0 Å². The Morgan fingerprint density at radius 3 is 2.93 bits per heavy atom. The molecule has 0 saturated carbocycles. The highest BCUT2D eigenvalue weighted by molar-refractivity contribution is 14.1. The van der Waals surface area contributed by atoms with Gasteiger partial charge in [-0.25, -0.2) is 0 Å². The molecule has 1 aromatic rings. The Bertz CT molecular complexity index is 406. The number of hydrogen-bond acceptors (Lipinski definition) is 3. The monoisotopic (exact) mass is 304 g/mol. The van der Waals surface area contributed by atoms with Crippen LogP contribution in [0.3, 0.4) is 0 Å². The van der Waals surface area contributed by atoms with Crippen LogP contribution in [0.25, 0.3) is 0 Å². The predicted octanol–water partition coefficient (Wildman–Crippen LogP) is 2.15. The van der Waals surface area contributed by atoms with Crippen molar-refractivity contribution in [2.45, 2.75) is 18.9 Å². The molecule has 0 aliphatic heterocycles. The summed E-state index contributed by atoms with van der Waals surface area (Å²) in [6.45, 7) is 0. The lowest BCUT2D eigenvalue weighted by Crippen LogP contribution is -2.05. The molecule has 2 rings (SSSR count). The summed E-state index contributed by atoms with van der Waals surface area (Å²) in [6.07, 6.45) is 1.54. The third-order valence-corrected chi connectivity index (χ3v) is 3.43. The van der Waals surface area contributed by atoms with Crippen LogP contribution in [-0.4, -0.2) is 4.92 Å². The van der Waals surface area contributed by atoms with Crippen molar-refractivity contribution >= 4 is 28.3 Å². The zero-order valence-corrected chi connectivity index (χ0v) is 9.52. The van der Waals surface area contributed by atoms with E-state index in [2.05, 4.69) is 0 Å². The highest BCUT2D eigenvalue weighted by atomic mass is 127. The van der Waals surface area contributed by atoms with Crippen LogP contribution >= 0.6 is 22.6 Å². The van der Waals surface area contributed by atoms with Crippen molar-refractivity contribution in [3.8, 4) is 0 Å². The van der Waals surface area contributed by atoms with E-state index in [1.165, 1.54) is 0 Å². The molecule has 0 heterocycles. The smallest absolute Gasteiger partial charge is 0.286 e. The van der Waals surface area contributed by atoms with Crippen LogP contribution in [0.1, 0.15) is 23.6 Å². The molecule has 1 aromatic carbocycles. The number of hydrogen-bond donors (Lipinski definition) is 1. The molecule has 4 nitrogen and oxygen atoms in total. The van der Waals surface area contributed by atoms with Crippen LogP contribution in [0.5, 0.6) is 0 Å². The van der Waals surface area contributed by atoms with Crippen molar-refractivity contribution in [3.63, 3.8) is 0 Å². The summed E-state index contributed by atoms with van der Waals surface area (Å²) >= 11 is 1.99. The number of nitro benzene ring substituents is 1. The van der Waals surface area contributed by atoms with Crippen molar-refractivity contribution < 1.29 is 4.92 Å². The summed E-state index contributed by atoms with van der Waals surface area (Å²) in [5, 5.41) is 10.8. The lowest BCUT2D eigenvalue weighted by atomic mass is 10.1. The fraction of sp³-hybridized carbons (Fsp3) is 0.333. The standard InChI is InChI=1S/C9H9IN2O2/c10-7-3-1-5-6(2-4-8(5)11)9(7)12(13)14/h1,3,8H,2,4,11H2/t8-/m0/s1. The quantitative estimate of drug-likeness (QED) is 0.491. The molecule has 0 spiro atoms. The highest BCUT2D eigenvalue weighted by Crippen LogP contribution is 2.37. The summed E-state index contributed by atoms with van der Waals surface area (Å²) in [5.74, 6) is 0. The average Bonchev–Trinajstić information content (AvgIpc) is 2.47. The first-order chi connectivity index (χ1) is 6.61. The zero-order valence-electron chi connectivity index (χ0n) is 7.37. The fourth-order valence-corrected chi connectivity index (χ4v) is 2.59. The molecular formula is C9H9IN2O2. The largest absolute Gasteiger partial charge is 0.324 e. The molecule has 0 bridgehead atoms. The third-order valence-electron chi connectivity index (χ3n) is 2.56. The second-order valence-corrected chi connectivity index (χ2v) is 4.53. The van der Waals surface area contributed by atoms with Crippen LogP contribution in [0.2, 0.25) is 0 Å². The SMILES string of the molecule is N[C@H]1CCc2c1ccc(I)c2[N+](=O)[O-]. The van der Waals surface area contributed by atoms with Gasteiger partial charge in [-0.15, -0.1) is 0 Å². The molecule has 0 radical (unpaired) electrons. The molecule has 74 valence electrons. The van der Waals surface area contributed by atoms with Gasteiger partial charge >= 0.3 is 0 Å². The van der Waals surface area contributed by atoms with E-state index in [9.17, 15) is 10.1 Å². The average molecular weight is 304 g/mol. The van der Waals surface area contributed by atoms with E-state index < -0.39 is 0 Å². The highest BCUT2D eigenvalue weighted by Gasteiger charge is 2.28. The van der Waals surface area contributed by atoms with Gasteiger partial charge in [0, 0.05) is 11.6 Å². The molecule has 2 N–H and O–H groups in total. The maximum absolute atomic E-state index is 10.8. The van der Waals surface area contributed by atoms with Crippen LogP contribution in [0.4, 0.5) is 5.69 Å². The minimum Gasteiger partial charge on any atom is -0.324 e. The molecule has 1 aliphatic carbocycles. The number of halogens is 1. The molecule has 1 atom stereocenters. The minimum absolute atomic E-state index is 0.0271. The second-order valence-electron chi connectivity index (χ2n) is 3.37. The maximum atomic E-state index is 10.8. The van der Waals surface area contributed by atoms with Gasteiger partial charge in [0.1, 0.15) is 0 Å². The minimum atomic E-state index is -0.307. The number of benzene rings is 1. The van der Waals surface area contributed by atoms with Crippen molar-refractivity contribution in [3.05, 3.63) is 36.9 Å². The van der Waals surface area contributed by atoms with E-state index in [4.69, 9.17) is 5.73 Å². The topological polar surface area (TPSA) is 69.2 Å². The van der Waals surface area contributed by atoms with Gasteiger partial charge in [0.15, 0.2) is 0 Å². The molecule has 5 heteroatoms. The first kappa shape index (κ1) is 9.85. The van der Waals surface area contributed by atoms with E-state index >= 15 is 0 Å². The van der Waals surface area contributed by atoms with Crippen molar-refractivity contribution in [1.82, 2.24) is 0 Å². The molecule has 0 unspecified atom stereocenters. The molecular weight excluding hydrogens is 295 g/mol. The third kappa shape index (κ3) is 1.40. The Hall–Kier alpha value is -0.690. The van der Waals surface area contributed by atoms with Gasteiger partial charge in [0.25, 0.3) is 5.69 Å². The molecule has 0 amide bonds. The van der Waals surface area contributed by atoms with Gasteiger partial charge < -0.3 is 5.73 Å². The van der Waals surface area contributed by atoms with Crippen LogP contribution in [0, 0.1) is 13.7 Å². The number of nitrogens with two attached hydrogens (primary N) is 1. The van der Waals surface area contributed by atoms with Crippen molar-refractivity contribution in [2.24, 2.45) is 5.73 Å². The van der Waals surface area contributed by atoms with E-state index in [-0.39, 0.29) is 16.7 Å². The zero-order chi connectivity index (χ0) is 10.3. The Morgan fingerprint density at radius 2 is 2.29 bits per heavy atom. The molecule has 1 aliphatic rings. The van der Waals surface area contributed by atoms with E-state index in [1.807, 2.05) is 28.7 Å².